The maximum absolute atomic E-state index is 11.1. The highest BCUT2D eigenvalue weighted by molar-refractivity contribution is 5.64. The third-order valence-electron chi connectivity index (χ3n) is 8.20. The number of nitrogens with zero attached hydrogens (tertiary/aromatic N) is 1. The molecule has 1 spiro atoms. The Labute approximate surface area is 194 Å². The van der Waals surface area contributed by atoms with E-state index in [4.69, 9.17) is 19.2 Å². The molecule has 0 amide bonds. The molecule has 0 unspecified atom stereocenters. The van der Waals surface area contributed by atoms with Gasteiger partial charge in [-0.3, -0.25) is 4.90 Å². The molecule has 0 radical (unpaired) electrons. The molecule has 2 aliphatic heterocycles. The van der Waals surface area contributed by atoms with Gasteiger partial charge < -0.3 is 19.5 Å². The summed E-state index contributed by atoms with van der Waals surface area (Å²) in [6.07, 6.45) is 6.52. The van der Waals surface area contributed by atoms with Gasteiger partial charge in [0.15, 0.2) is 5.75 Å². The molecule has 5 atom stereocenters. The summed E-state index contributed by atoms with van der Waals surface area (Å²) in [7, 11) is 3.68. The molecule has 6 nitrogen and oxygen atoms in total. The first-order valence-corrected chi connectivity index (χ1v) is 11.9. The summed E-state index contributed by atoms with van der Waals surface area (Å²) >= 11 is 0. The van der Waals surface area contributed by atoms with Crippen molar-refractivity contribution in [2.75, 3.05) is 27.3 Å². The molecule has 2 bridgehead atoms. The molecule has 2 aromatic rings. The molecular formula is C27H31NO5. The SMILES string of the molecule is COOc1ccc2c3c1O[C@H]1[C@@H](O)C=C[C@@]4(OCCCc5ccccc5)[C@@H](C2)N(C)CC[C@]314. The van der Waals surface area contributed by atoms with Crippen LogP contribution in [0.5, 0.6) is 11.5 Å². The first kappa shape index (κ1) is 21.2. The number of aliphatic hydroxyl groups is 1. The maximum Gasteiger partial charge on any atom is 0.207 e. The van der Waals surface area contributed by atoms with Crippen molar-refractivity contribution in [2.24, 2.45) is 0 Å². The molecule has 2 heterocycles. The van der Waals surface area contributed by atoms with Crippen LogP contribution in [-0.2, 0) is 27.9 Å². The fourth-order valence-corrected chi connectivity index (χ4v) is 6.83. The number of likely N-dealkylation sites (tertiary alicyclic amines) is 1. The minimum Gasteiger partial charge on any atom is -0.482 e. The van der Waals surface area contributed by atoms with Gasteiger partial charge in [0.2, 0.25) is 5.75 Å². The zero-order valence-electron chi connectivity index (χ0n) is 19.2. The Morgan fingerprint density at radius 1 is 1.18 bits per heavy atom. The number of hydrogen-bond acceptors (Lipinski definition) is 6. The zero-order chi connectivity index (χ0) is 22.6. The van der Waals surface area contributed by atoms with Crippen molar-refractivity contribution >= 4 is 0 Å². The van der Waals surface area contributed by atoms with Gasteiger partial charge in [-0.25, -0.2) is 0 Å². The number of rotatable bonds is 7. The average Bonchev–Trinajstić information content (AvgIpc) is 3.19. The van der Waals surface area contributed by atoms with Crippen LogP contribution in [0.25, 0.3) is 0 Å². The number of aryl methyl sites for hydroxylation is 1. The monoisotopic (exact) mass is 449 g/mol. The van der Waals surface area contributed by atoms with Gasteiger partial charge in [-0.1, -0.05) is 48.6 Å². The summed E-state index contributed by atoms with van der Waals surface area (Å²) in [6, 6.07) is 14.7. The van der Waals surface area contributed by atoms with Crippen molar-refractivity contribution in [3.8, 4) is 11.5 Å². The minimum atomic E-state index is -0.705. The standard InChI is InChI=1S/C27H31NO5/c1-28-15-14-26-23-19-10-11-21(33-30-2)24(23)32-25(26)20(29)12-13-27(26,22(28)17-19)31-16-6-9-18-7-4-3-5-8-18/h3-5,7-8,10-13,20,22,25,29H,6,9,14-17H2,1-2H3/t20-,22+,25-,26-,27+/m0/s1. The Balaban J connectivity index is 1.41. The van der Waals surface area contributed by atoms with Crippen molar-refractivity contribution < 1.29 is 24.4 Å². The Morgan fingerprint density at radius 3 is 2.85 bits per heavy atom. The van der Waals surface area contributed by atoms with E-state index < -0.39 is 23.2 Å². The quantitative estimate of drug-likeness (QED) is 0.303. The molecule has 4 aliphatic rings. The molecule has 1 fully saturated rings. The number of likely N-dealkylation sites (N-methyl/N-ethyl adjacent to an activating group) is 1. The lowest BCUT2D eigenvalue weighted by Gasteiger charge is -2.63. The van der Waals surface area contributed by atoms with Crippen LogP contribution in [0.4, 0.5) is 0 Å². The first-order chi connectivity index (χ1) is 16.1. The number of benzene rings is 2. The van der Waals surface area contributed by atoms with Crippen molar-refractivity contribution in [3.63, 3.8) is 0 Å². The maximum atomic E-state index is 11.1. The summed E-state index contributed by atoms with van der Waals surface area (Å²) in [5.74, 6) is 1.25. The molecular weight excluding hydrogens is 418 g/mol. The smallest absolute Gasteiger partial charge is 0.207 e. The fourth-order valence-electron chi connectivity index (χ4n) is 6.83. The van der Waals surface area contributed by atoms with E-state index >= 15 is 0 Å². The lowest BCUT2D eigenvalue weighted by molar-refractivity contribution is -0.184. The summed E-state index contributed by atoms with van der Waals surface area (Å²) in [4.78, 5) is 12.9. The third-order valence-corrected chi connectivity index (χ3v) is 8.20. The molecule has 2 aliphatic carbocycles. The number of aliphatic hydroxyl groups excluding tert-OH is 1. The predicted molar refractivity (Wildman–Crippen MR) is 124 cm³/mol. The van der Waals surface area contributed by atoms with Crippen LogP contribution < -0.4 is 9.62 Å². The van der Waals surface area contributed by atoms with Gasteiger partial charge in [0.1, 0.15) is 17.8 Å². The van der Waals surface area contributed by atoms with E-state index in [9.17, 15) is 5.11 Å². The van der Waals surface area contributed by atoms with E-state index in [0.717, 1.165) is 37.8 Å². The van der Waals surface area contributed by atoms with Crippen molar-refractivity contribution in [2.45, 2.75) is 54.9 Å². The van der Waals surface area contributed by atoms with E-state index in [1.54, 1.807) is 0 Å². The van der Waals surface area contributed by atoms with Crippen LogP contribution in [0.2, 0.25) is 0 Å². The van der Waals surface area contributed by atoms with Crippen LogP contribution in [0, 0.1) is 0 Å². The van der Waals surface area contributed by atoms with Crippen molar-refractivity contribution in [1.29, 1.82) is 0 Å². The van der Waals surface area contributed by atoms with Gasteiger partial charge in [-0.2, -0.15) is 4.89 Å². The lowest BCUT2D eigenvalue weighted by atomic mass is 9.50. The van der Waals surface area contributed by atoms with Crippen LogP contribution in [-0.4, -0.2) is 61.2 Å². The Morgan fingerprint density at radius 2 is 2.03 bits per heavy atom. The molecule has 0 aromatic heterocycles. The highest BCUT2D eigenvalue weighted by Crippen LogP contribution is 2.65. The number of piperidine rings is 1. The van der Waals surface area contributed by atoms with Gasteiger partial charge in [-0.15, -0.1) is 0 Å². The second-order valence-corrected chi connectivity index (χ2v) is 9.72. The fraction of sp³-hybridized carbons (Fsp3) is 0.481. The van der Waals surface area contributed by atoms with Gasteiger partial charge in [-0.05, 0) is 56.5 Å². The molecule has 6 heteroatoms. The van der Waals surface area contributed by atoms with Crippen LogP contribution >= 0.6 is 0 Å². The zero-order valence-corrected chi connectivity index (χ0v) is 19.2. The van der Waals surface area contributed by atoms with Crippen molar-refractivity contribution in [1.82, 2.24) is 4.90 Å². The van der Waals surface area contributed by atoms with Gasteiger partial charge in [0.25, 0.3) is 0 Å². The molecule has 1 N–H and O–H groups in total. The Bertz CT molecular complexity index is 1070. The topological polar surface area (TPSA) is 60.4 Å². The molecule has 174 valence electrons. The van der Waals surface area contributed by atoms with E-state index in [2.05, 4.69) is 48.4 Å². The minimum absolute atomic E-state index is 0.172. The number of ether oxygens (including phenoxy) is 2. The molecule has 1 saturated heterocycles. The lowest BCUT2D eigenvalue weighted by Crippen LogP contribution is -2.76. The number of hydrogen-bond donors (Lipinski definition) is 1. The van der Waals surface area contributed by atoms with Crippen LogP contribution in [0.3, 0.4) is 0 Å². The molecule has 0 saturated carbocycles. The van der Waals surface area contributed by atoms with Crippen molar-refractivity contribution in [3.05, 3.63) is 71.3 Å². The molecule has 2 aromatic carbocycles. The summed E-state index contributed by atoms with van der Waals surface area (Å²) in [6.45, 7) is 1.57. The highest BCUT2D eigenvalue weighted by atomic mass is 17.2. The second kappa shape index (κ2) is 7.84. The first-order valence-electron chi connectivity index (χ1n) is 11.9. The van der Waals surface area contributed by atoms with Gasteiger partial charge in [0, 0.05) is 18.2 Å². The Hall–Kier alpha value is -2.38. The summed E-state index contributed by atoms with van der Waals surface area (Å²) < 4.78 is 13.4. The average molecular weight is 450 g/mol. The van der Waals surface area contributed by atoms with Crippen LogP contribution in [0.15, 0.2) is 54.6 Å². The van der Waals surface area contributed by atoms with E-state index in [1.807, 2.05) is 18.2 Å². The Kier molecular flexibility index (Phi) is 5.03. The van der Waals surface area contributed by atoms with Crippen LogP contribution in [0.1, 0.15) is 29.5 Å². The predicted octanol–water partition coefficient (Wildman–Crippen LogP) is 3.20. The van der Waals surface area contributed by atoms with E-state index in [1.165, 1.54) is 18.2 Å². The highest BCUT2D eigenvalue weighted by Gasteiger charge is 2.72. The molecule has 6 rings (SSSR count). The van der Waals surface area contributed by atoms with E-state index in [-0.39, 0.29) is 6.04 Å². The normalized spacial score (nSPS) is 33.5. The second-order valence-electron chi connectivity index (χ2n) is 9.72. The third kappa shape index (κ3) is 2.88. The molecule has 33 heavy (non-hydrogen) atoms. The summed E-state index contributed by atoms with van der Waals surface area (Å²) in [5.41, 5.74) is 2.69. The van der Waals surface area contributed by atoms with E-state index in [0.29, 0.717) is 18.1 Å². The largest absolute Gasteiger partial charge is 0.482 e. The van der Waals surface area contributed by atoms with Gasteiger partial charge in [0.05, 0.1) is 12.5 Å². The van der Waals surface area contributed by atoms with Gasteiger partial charge >= 0.3 is 0 Å². The summed E-state index contributed by atoms with van der Waals surface area (Å²) in [5, 5.41) is 11.1.